The lowest BCUT2D eigenvalue weighted by molar-refractivity contribution is 0.0754. The molecular formula is C23H32N4O2. The van der Waals surface area contributed by atoms with Gasteiger partial charge in [0.05, 0.1) is 18.4 Å². The van der Waals surface area contributed by atoms with Crippen LogP contribution >= 0.6 is 0 Å². The normalized spacial score (nSPS) is 19.1. The summed E-state index contributed by atoms with van der Waals surface area (Å²) in [5.41, 5.74) is 0.672. The number of aromatic nitrogens is 1. The Morgan fingerprint density at radius 2 is 1.97 bits per heavy atom. The van der Waals surface area contributed by atoms with Gasteiger partial charge in [0.1, 0.15) is 11.6 Å². The van der Waals surface area contributed by atoms with Gasteiger partial charge in [-0.3, -0.25) is 9.69 Å². The summed E-state index contributed by atoms with van der Waals surface area (Å²) in [7, 11) is 1.97. The standard InChI is InChI=1S/C23H32N4O2/c1-25(18-21-9-5-16-29-21)22-11-10-19(17-24-22)23(28)27-13-6-12-26(14-15-27)20-7-3-2-4-8-20/h5,9-11,16-17,20H,2-4,6-8,12-15,18H2,1H3. The third-order valence-corrected chi connectivity index (χ3v) is 6.27. The predicted molar refractivity (Wildman–Crippen MR) is 114 cm³/mol. The number of nitrogens with zero attached hydrogens (tertiary/aromatic N) is 4. The second-order valence-electron chi connectivity index (χ2n) is 8.31. The molecule has 0 aromatic carbocycles. The minimum atomic E-state index is 0.100. The zero-order valence-corrected chi connectivity index (χ0v) is 17.4. The van der Waals surface area contributed by atoms with Crippen LogP contribution in [0.2, 0.25) is 0 Å². The molecule has 0 atom stereocenters. The van der Waals surface area contributed by atoms with Gasteiger partial charge in [-0.2, -0.15) is 0 Å². The summed E-state index contributed by atoms with van der Waals surface area (Å²) in [6.07, 6.45) is 11.2. The van der Waals surface area contributed by atoms with Gasteiger partial charge < -0.3 is 14.2 Å². The van der Waals surface area contributed by atoms with Crippen LogP contribution in [0, 0.1) is 0 Å². The van der Waals surface area contributed by atoms with E-state index in [1.54, 1.807) is 12.5 Å². The Morgan fingerprint density at radius 3 is 2.69 bits per heavy atom. The minimum absolute atomic E-state index is 0.100. The monoisotopic (exact) mass is 396 g/mol. The van der Waals surface area contributed by atoms with Crippen molar-refractivity contribution < 1.29 is 9.21 Å². The summed E-state index contributed by atoms with van der Waals surface area (Å²) >= 11 is 0. The Labute approximate surface area is 173 Å². The van der Waals surface area contributed by atoms with Crippen molar-refractivity contribution >= 4 is 11.7 Å². The van der Waals surface area contributed by atoms with E-state index in [1.165, 1.54) is 32.1 Å². The van der Waals surface area contributed by atoms with Crippen molar-refractivity contribution in [2.75, 3.05) is 38.1 Å². The van der Waals surface area contributed by atoms with E-state index in [-0.39, 0.29) is 5.91 Å². The molecule has 2 aromatic heterocycles. The molecule has 6 heteroatoms. The van der Waals surface area contributed by atoms with E-state index in [9.17, 15) is 4.79 Å². The molecule has 0 N–H and O–H groups in total. The highest BCUT2D eigenvalue weighted by Gasteiger charge is 2.25. The molecular weight excluding hydrogens is 364 g/mol. The molecule has 0 bridgehead atoms. The lowest BCUT2D eigenvalue weighted by Gasteiger charge is -2.33. The van der Waals surface area contributed by atoms with Gasteiger partial charge in [0.15, 0.2) is 0 Å². The molecule has 6 nitrogen and oxygen atoms in total. The lowest BCUT2D eigenvalue weighted by atomic mass is 9.94. The van der Waals surface area contributed by atoms with Crippen molar-refractivity contribution in [1.82, 2.24) is 14.8 Å². The molecule has 1 amide bonds. The van der Waals surface area contributed by atoms with E-state index < -0.39 is 0 Å². The average molecular weight is 397 g/mol. The van der Waals surface area contributed by atoms with Gasteiger partial charge in [-0.25, -0.2) is 4.98 Å². The largest absolute Gasteiger partial charge is 0.467 e. The SMILES string of the molecule is CN(Cc1ccco1)c1ccc(C(=O)N2CCCN(C3CCCCC3)CC2)cn1. The Morgan fingerprint density at radius 1 is 1.10 bits per heavy atom. The van der Waals surface area contributed by atoms with Gasteiger partial charge in [0, 0.05) is 45.5 Å². The van der Waals surface area contributed by atoms with Crippen LogP contribution in [0.1, 0.15) is 54.6 Å². The van der Waals surface area contributed by atoms with Gasteiger partial charge in [0.2, 0.25) is 0 Å². The summed E-state index contributed by atoms with van der Waals surface area (Å²) in [5, 5.41) is 0. The van der Waals surface area contributed by atoms with E-state index in [1.807, 2.05) is 41.1 Å². The zero-order chi connectivity index (χ0) is 20.1. The number of pyridine rings is 1. The van der Waals surface area contributed by atoms with Crippen molar-refractivity contribution in [2.24, 2.45) is 0 Å². The number of furan rings is 1. The Bertz CT molecular complexity index is 769. The summed E-state index contributed by atoms with van der Waals surface area (Å²) in [5.74, 6) is 1.82. The van der Waals surface area contributed by atoms with Crippen molar-refractivity contribution in [3.05, 3.63) is 48.0 Å². The number of carbonyl (C=O) groups is 1. The highest BCUT2D eigenvalue weighted by Crippen LogP contribution is 2.24. The fourth-order valence-corrected chi connectivity index (χ4v) is 4.59. The summed E-state index contributed by atoms with van der Waals surface area (Å²) in [4.78, 5) is 24.2. The first-order valence-corrected chi connectivity index (χ1v) is 10.9. The topological polar surface area (TPSA) is 52.8 Å². The molecule has 1 aliphatic heterocycles. The summed E-state index contributed by atoms with van der Waals surface area (Å²) in [6, 6.07) is 8.37. The summed E-state index contributed by atoms with van der Waals surface area (Å²) < 4.78 is 5.40. The highest BCUT2D eigenvalue weighted by atomic mass is 16.3. The van der Waals surface area contributed by atoms with Gasteiger partial charge in [-0.1, -0.05) is 19.3 Å². The maximum Gasteiger partial charge on any atom is 0.255 e. The van der Waals surface area contributed by atoms with Crippen molar-refractivity contribution in [3.8, 4) is 0 Å². The first-order chi connectivity index (χ1) is 14.2. The number of amides is 1. The Hall–Kier alpha value is -2.34. The second-order valence-corrected chi connectivity index (χ2v) is 8.31. The number of anilines is 1. The molecule has 29 heavy (non-hydrogen) atoms. The number of carbonyl (C=O) groups excluding carboxylic acids is 1. The van der Waals surface area contributed by atoms with Crippen LogP contribution in [0.4, 0.5) is 5.82 Å². The molecule has 3 heterocycles. The van der Waals surface area contributed by atoms with Gasteiger partial charge >= 0.3 is 0 Å². The molecule has 2 aromatic rings. The van der Waals surface area contributed by atoms with Gasteiger partial charge in [-0.05, 0) is 43.5 Å². The number of hydrogen-bond donors (Lipinski definition) is 0. The number of rotatable bonds is 5. The first-order valence-electron chi connectivity index (χ1n) is 10.9. The third kappa shape index (κ3) is 4.99. The van der Waals surface area contributed by atoms with Crippen LogP contribution < -0.4 is 4.90 Å². The van der Waals surface area contributed by atoms with E-state index in [0.29, 0.717) is 12.1 Å². The molecule has 4 rings (SSSR count). The van der Waals surface area contributed by atoms with Gasteiger partial charge in [-0.15, -0.1) is 0 Å². The summed E-state index contributed by atoms with van der Waals surface area (Å²) in [6.45, 7) is 4.41. The second kappa shape index (κ2) is 9.44. The van der Waals surface area contributed by atoms with Crippen molar-refractivity contribution in [3.63, 3.8) is 0 Å². The third-order valence-electron chi connectivity index (χ3n) is 6.27. The molecule has 0 radical (unpaired) electrons. The maximum absolute atomic E-state index is 13.0. The lowest BCUT2D eigenvalue weighted by Crippen LogP contribution is -2.40. The van der Waals surface area contributed by atoms with E-state index in [0.717, 1.165) is 50.2 Å². The molecule has 0 spiro atoms. The number of hydrogen-bond acceptors (Lipinski definition) is 5. The molecule has 1 saturated heterocycles. The minimum Gasteiger partial charge on any atom is -0.467 e. The van der Waals surface area contributed by atoms with E-state index in [4.69, 9.17) is 4.42 Å². The van der Waals surface area contributed by atoms with Crippen molar-refractivity contribution in [2.45, 2.75) is 51.1 Å². The van der Waals surface area contributed by atoms with Gasteiger partial charge in [0.25, 0.3) is 5.91 Å². The quantitative estimate of drug-likeness (QED) is 0.770. The van der Waals surface area contributed by atoms with Crippen LogP contribution in [-0.4, -0.2) is 60.0 Å². The Kier molecular flexibility index (Phi) is 6.49. The average Bonchev–Trinajstić information content (AvgIpc) is 3.15. The Balaban J connectivity index is 1.34. The molecule has 2 fully saturated rings. The van der Waals surface area contributed by atoms with Crippen LogP contribution in [0.3, 0.4) is 0 Å². The molecule has 156 valence electrons. The smallest absolute Gasteiger partial charge is 0.255 e. The first kappa shape index (κ1) is 20.0. The highest BCUT2D eigenvalue weighted by molar-refractivity contribution is 5.94. The van der Waals surface area contributed by atoms with Crippen LogP contribution in [0.25, 0.3) is 0 Å². The van der Waals surface area contributed by atoms with Crippen LogP contribution in [-0.2, 0) is 6.54 Å². The molecule has 0 unspecified atom stereocenters. The molecule has 2 aliphatic rings. The van der Waals surface area contributed by atoms with Crippen molar-refractivity contribution in [1.29, 1.82) is 0 Å². The van der Waals surface area contributed by atoms with E-state index in [2.05, 4.69) is 9.88 Å². The maximum atomic E-state index is 13.0. The fourth-order valence-electron chi connectivity index (χ4n) is 4.59. The fraction of sp³-hybridized carbons (Fsp3) is 0.565. The van der Waals surface area contributed by atoms with Crippen LogP contribution in [0.5, 0.6) is 0 Å². The molecule has 1 saturated carbocycles. The van der Waals surface area contributed by atoms with Crippen LogP contribution in [0.15, 0.2) is 41.1 Å². The zero-order valence-electron chi connectivity index (χ0n) is 17.4. The van der Waals surface area contributed by atoms with E-state index >= 15 is 0 Å². The predicted octanol–water partition coefficient (Wildman–Crippen LogP) is 3.79. The molecule has 1 aliphatic carbocycles.